The minimum absolute atomic E-state index is 0.418. The van der Waals surface area contributed by atoms with Gasteiger partial charge in [-0.1, -0.05) is 24.3 Å². The Hall–Kier alpha value is -3.32. The number of esters is 1. The van der Waals surface area contributed by atoms with Crippen LogP contribution in [0.15, 0.2) is 42.6 Å². The predicted octanol–water partition coefficient (Wildman–Crippen LogP) is 3.11. The van der Waals surface area contributed by atoms with Crippen molar-refractivity contribution in [3.8, 4) is 0 Å². The zero-order valence-electron chi connectivity index (χ0n) is 17.3. The number of fused-ring (bicyclic) bond motifs is 2. The molecular formula is C23H24N4O3. The average molecular weight is 404 g/mol. The lowest BCUT2D eigenvalue weighted by Crippen LogP contribution is -2.32. The molecule has 4 rings (SSSR count). The first-order valence-corrected chi connectivity index (χ1v) is 9.96. The van der Waals surface area contributed by atoms with Crippen molar-refractivity contribution in [1.82, 2.24) is 14.9 Å². The van der Waals surface area contributed by atoms with E-state index < -0.39 is 18.0 Å². The number of carbonyl (C=O) groups excluding carboxylic acids is 2. The van der Waals surface area contributed by atoms with Crippen molar-refractivity contribution in [2.45, 2.75) is 32.9 Å². The second kappa shape index (κ2) is 8.20. The molecule has 2 aromatic heterocycles. The molecule has 1 amide bonds. The summed E-state index contributed by atoms with van der Waals surface area (Å²) in [5, 5.41) is 3.42. The number of hydrogen-bond acceptors (Lipinski definition) is 6. The van der Waals surface area contributed by atoms with Crippen molar-refractivity contribution in [1.29, 1.82) is 0 Å². The maximum atomic E-state index is 13.2. The number of amides is 1. The number of anilines is 1. The Morgan fingerprint density at radius 2 is 2.00 bits per heavy atom. The normalized spacial score (nSPS) is 14.8. The maximum absolute atomic E-state index is 13.2. The number of rotatable bonds is 4. The smallest absolute Gasteiger partial charge is 0.339 e. The number of ether oxygens (including phenoxy) is 1. The summed E-state index contributed by atoms with van der Waals surface area (Å²) in [5.74, 6) is -0.523. The van der Waals surface area contributed by atoms with Crippen LogP contribution in [0.25, 0.3) is 10.9 Å². The lowest BCUT2D eigenvalue weighted by molar-refractivity contribution is -0.123. The van der Waals surface area contributed by atoms with Crippen molar-refractivity contribution in [3.63, 3.8) is 0 Å². The highest BCUT2D eigenvalue weighted by atomic mass is 16.5. The van der Waals surface area contributed by atoms with Crippen LogP contribution < -0.4 is 5.32 Å². The molecule has 0 fully saturated rings. The summed E-state index contributed by atoms with van der Waals surface area (Å²) in [6.07, 6.45) is 1.47. The Kier molecular flexibility index (Phi) is 5.46. The summed E-state index contributed by atoms with van der Waals surface area (Å²) in [4.78, 5) is 36.8. The molecule has 1 atom stereocenters. The van der Waals surface area contributed by atoms with Crippen LogP contribution in [0.2, 0.25) is 0 Å². The fraction of sp³-hybridized carbons (Fsp3) is 0.304. The topological polar surface area (TPSA) is 84.4 Å². The Balaban J connectivity index is 1.60. The van der Waals surface area contributed by atoms with Crippen molar-refractivity contribution in [2.75, 3.05) is 18.9 Å². The van der Waals surface area contributed by atoms with Crippen LogP contribution in [0.4, 0.5) is 5.82 Å². The highest BCUT2D eigenvalue weighted by Crippen LogP contribution is 2.28. The number of para-hydroxylation sites is 1. The first-order chi connectivity index (χ1) is 14.4. The standard InChI is InChI=1S/C23H24N4O3/c1-14-8-9-20(24-12-14)26-22(28)15(2)30-23(29)21-16-6-4-5-7-18(16)25-19-10-11-27(3)13-17(19)21/h4-9,12,15H,10-11,13H2,1-3H3,(H,24,26,28). The van der Waals surface area contributed by atoms with Crippen LogP contribution in [-0.2, 0) is 22.5 Å². The van der Waals surface area contributed by atoms with Crippen molar-refractivity contribution in [2.24, 2.45) is 0 Å². The monoisotopic (exact) mass is 404 g/mol. The number of aryl methyl sites for hydroxylation is 1. The number of nitrogens with zero attached hydrogens (tertiary/aromatic N) is 3. The van der Waals surface area contributed by atoms with E-state index in [4.69, 9.17) is 9.72 Å². The van der Waals surface area contributed by atoms with E-state index in [-0.39, 0.29) is 0 Å². The van der Waals surface area contributed by atoms with Gasteiger partial charge in [0.05, 0.1) is 11.1 Å². The molecule has 1 unspecified atom stereocenters. The van der Waals surface area contributed by atoms with Gasteiger partial charge in [-0.25, -0.2) is 9.78 Å². The Morgan fingerprint density at radius 1 is 1.20 bits per heavy atom. The number of carbonyl (C=O) groups is 2. The van der Waals surface area contributed by atoms with Crippen molar-refractivity contribution in [3.05, 3.63) is 65.0 Å². The highest BCUT2D eigenvalue weighted by Gasteiger charge is 2.27. The SMILES string of the molecule is Cc1ccc(NC(=O)C(C)OC(=O)c2c3c(nc4ccccc24)CCN(C)C3)nc1. The largest absolute Gasteiger partial charge is 0.449 e. The molecule has 0 spiro atoms. The van der Waals surface area contributed by atoms with E-state index in [0.717, 1.165) is 40.7 Å². The minimum Gasteiger partial charge on any atom is -0.449 e. The van der Waals surface area contributed by atoms with Crippen LogP contribution >= 0.6 is 0 Å². The molecule has 3 heterocycles. The van der Waals surface area contributed by atoms with Gasteiger partial charge in [0, 0.05) is 42.4 Å². The summed E-state index contributed by atoms with van der Waals surface area (Å²) >= 11 is 0. The molecule has 1 aromatic carbocycles. The lowest BCUT2D eigenvalue weighted by atomic mass is 9.96. The summed E-state index contributed by atoms with van der Waals surface area (Å²) in [7, 11) is 2.01. The molecule has 0 aliphatic carbocycles. The van der Waals surface area contributed by atoms with Crippen molar-refractivity contribution < 1.29 is 14.3 Å². The third kappa shape index (κ3) is 4.02. The second-order valence-corrected chi connectivity index (χ2v) is 7.67. The van der Waals surface area contributed by atoms with Gasteiger partial charge in [0.25, 0.3) is 5.91 Å². The molecule has 0 bridgehead atoms. The Bertz CT molecular complexity index is 1110. The molecule has 0 radical (unpaired) electrons. The van der Waals surface area contributed by atoms with Crippen LogP contribution in [0, 0.1) is 6.92 Å². The number of benzene rings is 1. The van der Waals surface area contributed by atoms with E-state index in [0.29, 0.717) is 17.9 Å². The summed E-state index contributed by atoms with van der Waals surface area (Å²) < 4.78 is 5.58. The van der Waals surface area contributed by atoms with E-state index in [1.165, 1.54) is 0 Å². The molecule has 1 N–H and O–H groups in total. The van der Waals surface area contributed by atoms with Gasteiger partial charge < -0.3 is 15.0 Å². The molecule has 30 heavy (non-hydrogen) atoms. The zero-order valence-corrected chi connectivity index (χ0v) is 17.3. The van der Waals surface area contributed by atoms with Crippen LogP contribution in [0.1, 0.15) is 34.1 Å². The quantitative estimate of drug-likeness (QED) is 0.673. The van der Waals surface area contributed by atoms with Crippen LogP contribution in [-0.4, -0.2) is 46.4 Å². The number of likely N-dealkylation sites (N-methyl/N-ethyl adjacent to an activating group) is 1. The Morgan fingerprint density at radius 3 is 2.77 bits per heavy atom. The first kappa shape index (κ1) is 20.0. The fourth-order valence-corrected chi connectivity index (χ4v) is 3.60. The average Bonchev–Trinajstić information content (AvgIpc) is 2.73. The third-order valence-electron chi connectivity index (χ3n) is 5.26. The number of nitrogens with one attached hydrogen (secondary N) is 1. The first-order valence-electron chi connectivity index (χ1n) is 9.96. The Labute approximate surface area is 175 Å². The molecule has 0 saturated heterocycles. The van der Waals surface area contributed by atoms with Gasteiger partial charge in [-0.05, 0) is 38.6 Å². The van der Waals surface area contributed by atoms with Crippen LogP contribution in [0.5, 0.6) is 0 Å². The molecule has 1 aliphatic rings. The molecule has 3 aromatic rings. The van der Waals surface area contributed by atoms with E-state index in [9.17, 15) is 9.59 Å². The number of aromatic nitrogens is 2. The van der Waals surface area contributed by atoms with Gasteiger partial charge in [0.1, 0.15) is 5.82 Å². The minimum atomic E-state index is -0.968. The second-order valence-electron chi connectivity index (χ2n) is 7.67. The molecular weight excluding hydrogens is 380 g/mol. The molecule has 7 nitrogen and oxygen atoms in total. The number of hydrogen-bond donors (Lipinski definition) is 1. The van der Waals surface area contributed by atoms with Gasteiger partial charge in [-0.15, -0.1) is 0 Å². The van der Waals surface area contributed by atoms with Gasteiger partial charge in [-0.3, -0.25) is 9.78 Å². The number of pyridine rings is 2. The van der Waals surface area contributed by atoms with Gasteiger partial charge >= 0.3 is 5.97 Å². The molecule has 154 valence electrons. The van der Waals surface area contributed by atoms with E-state index in [2.05, 4.69) is 15.2 Å². The summed E-state index contributed by atoms with van der Waals surface area (Å²) in [5.41, 5.74) is 4.04. The molecule has 7 heteroatoms. The zero-order chi connectivity index (χ0) is 21.3. The summed E-state index contributed by atoms with van der Waals surface area (Å²) in [6.45, 7) is 4.98. The maximum Gasteiger partial charge on any atom is 0.339 e. The van der Waals surface area contributed by atoms with E-state index in [1.807, 2.05) is 44.3 Å². The highest BCUT2D eigenvalue weighted by molar-refractivity contribution is 6.06. The van der Waals surface area contributed by atoms with Gasteiger partial charge in [0.15, 0.2) is 6.10 Å². The van der Waals surface area contributed by atoms with Crippen LogP contribution in [0.3, 0.4) is 0 Å². The molecule has 0 saturated carbocycles. The van der Waals surface area contributed by atoms with Gasteiger partial charge in [-0.2, -0.15) is 0 Å². The lowest BCUT2D eigenvalue weighted by Gasteiger charge is -2.27. The van der Waals surface area contributed by atoms with E-state index >= 15 is 0 Å². The third-order valence-corrected chi connectivity index (χ3v) is 5.26. The summed E-state index contributed by atoms with van der Waals surface area (Å²) in [6, 6.07) is 11.1. The molecule has 1 aliphatic heterocycles. The predicted molar refractivity (Wildman–Crippen MR) is 114 cm³/mol. The fourth-order valence-electron chi connectivity index (χ4n) is 3.60. The van der Waals surface area contributed by atoms with Crippen molar-refractivity contribution >= 4 is 28.6 Å². The van der Waals surface area contributed by atoms with E-state index in [1.54, 1.807) is 19.2 Å². The van der Waals surface area contributed by atoms with Gasteiger partial charge in [0.2, 0.25) is 0 Å².